The number of aliphatic hydroxyl groups excluding tert-OH is 3. The Morgan fingerprint density at radius 2 is 1.82 bits per heavy atom. The van der Waals surface area contributed by atoms with E-state index in [9.17, 15) is 30.0 Å². The van der Waals surface area contributed by atoms with Crippen LogP contribution in [0.25, 0.3) is 0 Å². The van der Waals surface area contributed by atoms with Gasteiger partial charge in [-0.15, -0.1) is 0 Å². The van der Waals surface area contributed by atoms with Gasteiger partial charge < -0.3 is 34.6 Å². The van der Waals surface area contributed by atoms with Crippen molar-refractivity contribution in [2.24, 2.45) is 16.7 Å². The van der Waals surface area contributed by atoms with Gasteiger partial charge in [0.2, 0.25) is 0 Å². The molecule has 0 aromatic carbocycles. The van der Waals surface area contributed by atoms with Crippen molar-refractivity contribution in [3.63, 3.8) is 0 Å². The third kappa shape index (κ3) is 1.58. The quantitative estimate of drug-likeness (QED) is 0.386. The largest absolute Gasteiger partial charge is 0.460 e. The van der Waals surface area contributed by atoms with E-state index in [1.165, 1.54) is 13.0 Å². The van der Waals surface area contributed by atoms with E-state index in [-0.39, 0.29) is 13.0 Å². The van der Waals surface area contributed by atoms with Crippen LogP contribution >= 0.6 is 0 Å². The molecular formula is C19H24O9. The Morgan fingerprint density at radius 1 is 1.14 bits per heavy atom. The number of aliphatic hydroxyl groups is 4. The first kappa shape index (κ1) is 18.5. The highest BCUT2D eigenvalue weighted by Gasteiger charge is 2.89. The summed E-state index contributed by atoms with van der Waals surface area (Å²) in [6, 6.07) is 0. The molecule has 28 heavy (non-hydrogen) atoms. The summed E-state index contributed by atoms with van der Waals surface area (Å²) in [7, 11) is 0. The van der Waals surface area contributed by atoms with Gasteiger partial charge in [0, 0.05) is 17.4 Å². The van der Waals surface area contributed by atoms with Crippen molar-refractivity contribution in [2.45, 2.75) is 68.9 Å². The first-order valence-corrected chi connectivity index (χ1v) is 9.45. The van der Waals surface area contributed by atoms with Gasteiger partial charge in [-0.2, -0.15) is 0 Å². The van der Waals surface area contributed by atoms with Crippen LogP contribution < -0.4 is 0 Å². The topological polar surface area (TPSA) is 143 Å². The molecule has 10 unspecified atom stereocenters. The Balaban J connectivity index is 1.75. The second-order valence-corrected chi connectivity index (χ2v) is 9.36. The summed E-state index contributed by atoms with van der Waals surface area (Å²) in [5.74, 6) is -2.37. The van der Waals surface area contributed by atoms with Gasteiger partial charge in [-0.3, -0.25) is 0 Å². The van der Waals surface area contributed by atoms with Crippen LogP contribution in [0.5, 0.6) is 0 Å². The van der Waals surface area contributed by atoms with Gasteiger partial charge in [-0.05, 0) is 25.8 Å². The molecule has 5 rings (SSSR count). The number of rotatable bonds is 1. The van der Waals surface area contributed by atoms with Gasteiger partial charge in [-0.25, -0.2) is 9.59 Å². The van der Waals surface area contributed by atoms with Crippen LogP contribution in [0.15, 0.2) is 11.6 Å². The number of carbonyl (C=O) groups is 2. The Labute approximate surface area is 160 Å². The summed E-state index contributed by atoms with van der Waals surface area (Å²) in [5, 5.41) is 44.5. The fraction of sp³-hybridized carbons (Fsp3) is 0.789. The first-order chi connectivity index (χ1) is 12.9. The lowest BCUT2D eigenvalue weighted by Crippen LogP contribution is -2.81. The van der Waals surface area contributed by atoms with E-state index in [4.69, 9.17) is 14.2 Å². The van der Waals surface area contributed by atoms with Crippen molar-refractivity contribution in [1.82, 2.24) is 0 Å². The number of hydrogen-bond acceptors (Lipinski definition) is 9. The van der Waals surface area contributed by atoms with E-state index < -0.39 is 70.4 Å². The number of esters is 2. The second-order valence-electron chi connectivity index (χ2n) is 9.36. The van der Waals surface area contributed by atoms with E-state index in [0.717, 1.165) is 0 Å². The minimum absolute atomic E-state index is 0.118. The molecule has 5 aliphatic rings. The minimum Gasteiger partial charge on any atom is -0.460 e. The fourth-order valence-corrected chi connectivity index (χ4v) is 7.11. The van der Waals surface area contributed by atoms with Crippen molar-refractivity contribution in [3.8, 4) is 0 Å². The standard InChI is InChI=1S/C19H24O9/c1-7-4-9(20)28-14(7)16(2)5-8-18-6-26-17(3,12(22)10(21)11(16)18)19(18,25)13(23)15(24)27-8/h4,8,10-14,21-23,25H,5-6H2,1-3H3. The average molecular weight is 396 g/mol. The molecule has 4 N–H and O–H groups in total. The maximum Gasteiger partial charge on any atom is 0.338 e. The van der Waals surface area contributed by atoms with Crippen LogP contribution in [0.2, 0.25) is 0 Å². The van der Waals surface area contributed by atoms with Gasteiger partial charge in [-0.1, -0.05) is 6.92 Å². The van der Waals surface area contributed by atoms with Crippen molar-refractivity contribution >= 4 is 11.9 Å². The van der Waals surface area contributed by atoms with E-state index in [0.29, 0.717) is 5.57 Å². The lowest BCUT2D eigenvalue weighted by Gasteiger charge is -2.61. The third-order valence-corrected chi connectivity index (χ3v) is 8.24. The van der Waals surface area contributed by atoms with E-state index >= 15 is 0 Å². The predicted octanol–water partition coefficient (Wildman–Crippen LogP) is -1.59. The molecule has 3 heterocycles. The summed E-state index contributed by atoms with van der Waals surface area (Å²) in [6.07, 6.45) is -4.92. The highest BCUT2D eigenvalue weighted by molar-refractivity contribution is 5.86. The van der Waals surface area contributed by atoms with E-state index in [2.05, 4.69) is 0 Å². The number of ether oxygens (including phenoxy) is 3. The van der Waals surface area contributed by atoms with Gasteiger partial charge in [0.05, 0.1) is 18.1 Å². The van der Waals surface area contributed by atoms with Crippen molar-refractivity contribution in [2.75, 3.05) is 6.61 Å². The van der Waals surface area contributed by atoms with Crippen molar-refractivity contribution in [1.29, 1.82) is 0 Å². The number of hydrogen-bond donors (Lipinski definition) is 4. The Kier molecular flexibility index (Phi) is 3.28. The molecule has 2 saturated heterocycles. The maximum absolute atomic E-state index is 12.4. The Bertz CT molecular complexity index is 824. The molecular weight excluding hydrogens is 372 g/mol. The lowest BCUT2D eigenvalue weighted by molar-refractivity contribution is -0.313. The van der Waals surface area contributed by atoms with Gasteiger partial charge in [0.15, 0.2) is 6.10 Å². The molecule has 0 amide bonds. The molecule has 154 valence electrons. The summed E-state index contributed by atoms with van der Waals surface area (Å²) >= 11 is 0. The van der Waals surface area contributed by atoms with Crippen LogP contribution in [0.3, 0.4) is 0 Å². The molecule has 9 nitrogen and oxygen atoms in total. The van der Waals surface area contributed by atoms with Gasteiger partial charge in [0.1, 0.15) is 29.5 Å². The summed E-state index contributed by atoms with van der Waals surface area (Å²) < 4.78 is 16.8. The molecule has 4 fully saturated rings. The smallest absolute Gasteiger partial charge is 0.338 e. The summed E-state index contributed by atoms with van der Waals surface area (Å²) in [6.45, 7) is 4.78. The zero-order valence-electron chi connectivity index (χ0n) is 15.8. The molecule has 2 saturated carbocycles. The zero-order chi connectivity index (χ0) is 20.4. The highest BCUT2D eigenvalue weighted by atomic mass is 16.6. The molecule has 2 bridgehead atoms. The van der Waals surface area contributed by atoms with Gasteiger partial charge >= 0.3 is 11.9 Å². The molecule has 0 aromatic heterocycles. The van der Waals surface area contributed by atoms with Crippen LogP contribution in [-0.4, -0.2) is 80.7 Å². The molecule has 0 aromatic rings. The Morgan fingerprint density at radius 3 is 2.43 bits per heavy atom. The monoisotopic (exact) mass is 396 g/mol. The minimum atomic E-state index is -2.17. The molecule has 10 atom stereocenters. The van der Waals surface area contributed by atoms with E-state index in [1.807, 2.05) is 0 Å². The summed E-state index contributed by atoms with van der Waals surface area (Å²) in [4.78, 5) is 24.3. The SMILES string of the molecule is CC1=CC(=O)OC1C1(C)CC2OC(=O)C(O)C3(O)C4(C)OCC23C1C(O)C4O. The lowest BCUT2D eigenvalue weighted by atomic mass is 9.47. The first-order valence-electron chi connectivity index (χ1n) is 9.45. The number of cyclic esters (lactones) is 1. The fourth-order valence-electron chi connectivity index (χ4n) is 7.11. The van der Waals surface area contributed by atoms with Crippen LogP contribution in [0, 0.1) is 16.7 Å². The highest BCUT2D eigenvalue weighted by Crippen LogP contribution is 2.74. The normalized spacial score (nSPS) is 59.6. The summed E-state index contributed by atoms with van der Waals surface area (Å²) in [5.41, 5.74) is -5.60. The maximum atomic E-state index is 12.4. The average Bonchev–Trinajstić information content (AvgIpc) is 3.16. The van der Waals surface area contributed by atoms with Crippen LogP contribution in [-0.2, 0) is 23.8 Å². The second kappa shape index (κ2) is 4.96. The molecule has 3 aliphatic heterocycles. The molecule has 0 radical (unpaired) electrons. The van der Waals surface area contributed by atoms with Crippen LogP contribution in [0.1, 0.15) is 27.2 Å². The van der Waals surface area contributed by atoms with Crippen molar-refractivity contribution < 1.29 is 44.2 Å². The van der Waals surface area contributed by atoms with E-state index in [1.54, 1.807) is 13.8 Å². The number of carbonyl (C=O) groups excluding carboxylic acids is 2. The predicted molar refractivity (Wildman–Crippen MR) is 89.5 cm³/mol. The molecule has 9 heteroatoms. The van der Waals surface area contributed by atoms with Crippen LogP contribution in [0.4, 0.5) is 0 Å². The molecule has 1 spiro atoms. The molecule has 2 aliphatic carbocycles. The zero-order valence-corrected chi connectivity index (χ0v) is 15.8. The van der Waals surface area contributed by atoms with Crippen molar-refractivity contribution in [3.05, 3.63) is 11.6 Å². The van der Waals surface area contributed by atoms with Gasteiger partial charge in [0.25, 0.3) is 0 Å². The third-order valence-electron chi connectivity index (χ3n) is 8.24. The Hall–Kier alpha value is -1.52.